The standard InChI is InChI=1S/C22H18N4O3S/c1-4-16-24-25-22(30-16)26-18(13-5-7-23-8-6-13)17-19(27)14-9-11(2)12(3)10-15(14)29-20(17)21(26)28/h5-10,18H,4H2,1-3H3. The molecule has 4 aromatic rings. The summed E-state index contributed by atoms with van der Waals surface area (Å²) in [6.07, 6.45) is 4.00. The number of nitrogens with zero attached hydrogens (tertiary/aromatic N) is 4. The van der Waals surface area contributed by atoms with E-state index in [9.17, 15) is 9.59 Å². The Balaban J connectivity index is 1.81. The monoisotopic (exact) mass is 418 g/mol. The first kappa shape index (κ1) is 18.6. The summed E-state index contributed by atoms with van der Waals surface area (Å²) in [7, 11) is 0. The van der Waals surface area contributed by atoms with Crippen molar-refractivity contribution in [3.8, 4) is 0 Å². The molecule has 0 bridgehead atoms. The van der Waals surface area contributed by atoms with Crippen LogP contribution in [0, 0.1) is 13.8 Å². The maximum Gasteiger partial charge on any atom is 0.297 e. The van der Waals surface area contributed by atoms with Gasteiger partial charge >= 0.3 is 0 Å². The first-order valence-electron chi connectivity index (χ1n) is 9.63. The Hall–Kier alpha value is -3.39. The van der Waals surface area contributed by atoms with Gasteiger partial charge in [-0.05, 0) is 61.2 Å². The molecule has 1 atom stereocenters. The summed E-state index contributed by atoms with van der Waals surface area (Å²) in [5.41, 5.74) is 3.30. The SMILES string of the molecule is CCc1nnc(N2C(=O)c3oc4cc(C)c(C)cc4c(=O)c3C2c2ccncc2)s1. The fourth-order valence-corrected chi connectivity index (χ4v) is 4.58. The molecule has 0 saturated carbocycles. The molecule has 0 N–H and O–H groups in total. The van der Waals surface area contributed by atoms with Crippen LogP contribution in [0.1, 0.15) is 50.8 Å². The van der Waals surface area contributed by atoms with Gasteiger partial charge in [-0.3, -0.25) is 19.5 Å². The second-order valence-electron chi connectivity index (χ2n) is 7.30. The predicted octanol–water partition coefficient (Wildman–Crippen LogP) is 3.97. The average Bonchev–Trinajstić information content (AvgIpc) is 3.33. The van der Waals surface area contributed by atoms with Crippen LogP contribution in [0.4, 0.5) is 5.13 Å². The van der Waals surface area contributed by atoms with Crippen LogP contribution in [0.5, 0.6) is 0 Å². The molecule has 150 valence electrons. The number of hydrogen-bond acceptors (Lipinski definition) is 7. The lowest BCUT2D eigenvalue weighted by atomic mass is 9.98. The molecule has 0 radical (unpaired) electrons. The van der Waals surface area contributed by atoms with Gasteiger partial charge in [0.05, 0.1) is 17.0 Å². The van der Waals surface area contributed by atoms with E-state index in [4.69, 9.17) is 4.42 Å². The summed E-state index contributed by atoms with van der Waals surface area (Å²) >= 11 is 1.34. The summed E-state index contributed by atoms with van der Waals surface area (Å²) in [6, 6.07) is 6.59. The van der Waals surface area contributed by atoms with Crippen LogP contribution in [0.2, 0.25) is 0 Å². The van der Waals surface area contributed by atoms with Gasteiger partial charge < -0.3 is 4.42 Å². The molecule has 1 amide bonds. The van der Waals surface area contributed by atoms with Gasteiger partial charge in [0.1, 0.15) is 10.6 Å². The smallest absolute Gasteiger partial charge is 0.297 e. The van der Waals surface area contributed by atoms with Crippen molar-refractivity contribution in [3.63, 3.8) is 0 Å². The van der Waals surface area contributed by atoms with Gasteiger partial charge in [-0.25, -0.2) is 0 Å². The number of aryl methyl sites for hydroxylation is 3. The third-order valence-electron chi connectivity index (χ3n) is 5.47. The summed E-state index contributed by atoms with van der Waals surface area (Å²) in [4.78, 5) is 32.6. The lowest BCUT2D eigenvalue weighted by molar-refractivity contribution is 0.0970. The van der Waals surface area contributed by atoms with Gasteiger partial charge in [0.25, 0.3) is 5.91 Å². The third kappa shape index (κ3) is 2.68. The van der Waals surface area contributed by atoms with Gasteiger partial charge in [0, 0.05) is 12.4 Å². The lowest BCUT2D eigenvalue weighted by Gasteiger charge is -2.21. The average molecular weight is 418 g/mol. The predicted molar refractivity (Wildman–Crippen MR) is 114 cm³/mol. The number of carbonyl (C=O) groups is 1. The number of anilines is 1. The fraction of sp³-hybridized carbons (Fsp3) is 0.227. The molecule has 3 aromatic heterocycles. The number of aromatic nitrogens is 3. The Bertz CT molecular complexity index is 1360. The minimum absolute atomic E-state index is 0.0609. The van der Waals surface area contributed by atoms with Crippen molar-refractivity contribution in [1.29, 1.82) is 0 Å². The second kappa shape index (κ2) is 6.84. The summed E-state index contributed by atoms with van der Waals surface area (Å²) in [5, 5.41) is 10.1. The van der Waals surface area contributed by atoms with Crippen LogP contribution >= 0.6 is 11.3 Å². The van der Waals surface area contributed by atoms with Gasteiger partial charge in [0.15, 0.2) is 5.43 Å². The highest BCUT2D eigenvalue weighted by molar-refractivity contribution is 7.15. The molecule has 1 aliphatic heterocycles. The third-order valence-corrected chi connectivity index (χ3v) is 6.54. The van der Waals surface area contributed by atoms with Crippen LogP contribution in [0.15, 0.2) is 45.9 Å². The van der Waals surface area contributed by atoms with Crippen molar-refractivity contribution < 1.29 is 9.21 Å². The number of carbonyl (C=O) groups excluding carboxylic acids is 1. The maximum atomic E-state index is 13.6. The van der Waals surface area contributed by atoms with Crippen LogP contribution in [-0.4, -0.2) is 21.1 Å². The van der Waals surface area contributed by atoms with Crippen molar-refractivity contribution in [2.75, 3.05) is 4.90 Å². The van der Waals surface area contributed by atoms with E-state index in [1.165, 1.54) is 16.2 Å². The molecule has 1 unspecified atom stereocenters. The molecular formula is C22H18N4O3S. The van der Waals surface area contributed by atoms with Crippen LogP contribution in [0.25, 0.3) is 11.0 Å². The molecule has 1 aliphatic rings. The number of pyridine rings is 1. The topological polar surface area (TPSA) is 89.2 Å². The molecule has 0 aliphatic carbocycles. The van der Waals surface area contributed by atoms with Crippen molar-refractivity contribution >= 4 is 33.3 Å². The molecule has 7 nitrogen and oxygen atoms in total. The second-order valence-corrected chi connectivity index (χ2v) is 8.34. The maximum absolute atomic E-state index is 13.6. The Labute approximate surface area is 176 Å². The van der Waals surface area contributed by atoms with E-state index in [1.807, 2.05) is 32.9 Å². The minimum Gasteiger partial charge on any atom is -0.450 e. The zero-order chi connectivity index (χ0) is 21.0. The Morgan fingerprint density at radius 1 is 1.10 bits per heavy atom. The minimum atomic E-state index is -0.643. The van der Waals surface area contributed by atoms with E-state index >= 15 is 0 Å². The summed E-state index contributed by atoms with van der Waals surface area (Å²) in [5.74, 6) is -0.325. The number of amides is 1. The van der Waals surface area contributed by atoms with E-state index in [-0.39, 0.29) is 17.1 Å². The highest BCUT2D eigenvalue weighted by Crippen LogP contribution is 2.42. The van der Waals surface area contributed by atoms with Crippen LogP contribution in [-0.2, 0) is 6.42 Å². The first-order chi connectivity index (χ1) is 14.5. The zero-order valence-electron chi connectivity index (χ0n) is 16.7. The highest BCUT2D eigenvalue weighted by Gasteiger charge is 2.45. The summed E-state index contributed by atoms with van der Waals surface area (Å²) < 4.78 is 6.02. The van der Waals surface area contributed by atoms with E-state index in [0.717, 1.165) is 21.7 Å². The van der Waals surface area contributed by atoms with Gasteiger partial charge in [-0.2, -0.15) is 0 Å². The fourth-order valence-electron chi connectivity index (χ4n) is 3.77. The lowest BCUT2D eigenvalue weighted by Crippen LogP contribution is -2.29. The first-order valence-corrected chi connectivity index (χ1v) is 10.4. The Morgan fingerprint density at radius 2 is 1.83 bits per heavy atom. The van der Waals surface area contributed by atoms with Crippen molar-refractivity contribution in [1.82, 2.24) is 15.2 Å². The number of fused-ring (bicyclic) bond motifs is 2. The molecule has 30 heavy (non-hydrogen) atoms. The molecule has 0 saturated heterocycles. The highest BCUT2D eigenvalue weighted by atomic mass is 32.1. The van der Waals surface area contributed by atoms with Crippen LogP contribution in [0.3, 0.4) is 0 Å². The number of benzene rings is 1. The molecule has 0 spiro atoms. The molecule has 4 heterocycles. The summed E-state index contributed by atoms with van der Waals surface area (Å²) in [6.45, 7) is 5.88. The van der Waals surface area contributed by atoms with E-state index < -0.39 is 6.04 Å². The van der Waals surface area contributed by atoms with Gasteiger partial charge in [-0.1, -0.05) is 18.3 Å². The molecule has 0 fully saturated rings. The van der Waals surface area contributed by atoms with E-state index in [0.29, 0.717) is 28.1 Å². The molecule has 8 heteroatoms. The Kier molecular flexibility index (Phi) is 4.25. The van der Waals surface area contributed by atoms with Crippen molar-refractivity contribution in [3.05, 3.63) is 79.9 Å². The Morgan fingerprint density at radius 3 is 2.53 bits per heavy atom. The zero-order valence-corrected chi connectivity index (χ0v) is 17.5. The normalized spacial score (nSPS) is 15.8. The number of rotatable bonds is 3. The van der Waals surface area contributed by atoms with E-state index in [1.54, 1.807) is 24.5 Å². The van der Waals surface area contributed by atoms with Crippen LogP contribution < -0.4 is 10.3 Å². The molecular weight excluding hydrogens is 400 g/mol. The molecule has 5 rings (SSSR count). The quantitative estimate of drug-likeness (QED) is 0.500. The van der Waals surface area contributed by atoms with E-state index in [2.05, 4.69) is 15.2 Å². The van der Waals surface area contributed by atoms with Gasteiger partial charge in [0.2, 0.25) is 10.9 Å². The van der Waals surface area contributed by atoms with Crippen molar-refractivity contribution in [2.45, 2.75) is 33.2 Å². The number of hydrogen-bond donors (Lipinski definition) is 0. The van der Waals surface area contributed by atoms with Crippen molar-refractivity contribution in [2.24, 2.45) is 0 Å². The molecule has 1 aromatic carbocycles. The largest absolute Gasteiger partial charge is 0.450 e. The van der Waals surface area contributed by atoms with Gasteiger partial charge in [-0.15, -0.1) is 10.2 Å².